The van der Waals surface area contributed by atoms with Crippen molar-refractivity contribution >= 4 is 22.8 Å². The summed E-state index contributed by atoms with van der Waals surface area (Å²) in [6.07, 6.45) is 2.66. The largest absolute Gasteiger partial charge is 0.497 e. The number of hydrogen-bond acceptors (Lipinski definition) is 9. The van der Waals surface area contributed by atoms with Crippen LogP contribution in [0.5, 0.6) is 5.75 Å². The quantitative estimate of drug-likeness (QED) is 0.221. The van der Waals surface area contributed by atoms with E-state index in [1.165, 1.54) is 12.1 Å². The number of benzene rings is 2. The Labute approximate surface area is 254 Å². The van der Waals surface area contributed by atoms with E-state index in [0.717, 1.165) is 41.8 Å². The van der Waals surface area contributed by atoms with Crippen LogP contribution in [0, 0.1) is 5.82 Å². The summed E-state index contributed by atoms with van der Waals surface area (Å²) in [7, 11) is 1.64. The van der Waals surface area contributed by atoms with E-state index in [2.05, 4.69) is 31.1 Å². The fourth-order valence-corrected chi connectivity index (χ4v) is 5.18. The third kappa shape index (κ3) is 6.11. The number of pyridine rings is 1. The number of methoxy groups -OCH3 is 1. The topological polar surface area (TPSA) is 132 Å². The van der Waals surface area contributed by atoms with E-state index in [0.29, 0.717) is 35.3 Å². The number of carbonyl (C=O) groups is 1. The lowest BCUT2D eigenvalue weighted by Gasteiger charge is -2.12. The van der Waals surface area contributed by atoms with Crippen LogP contribution in [0.1, 0.15) is 54.8 Å². The maximum absolute atomic E-state index is 15.5. The highest BCUT2D eigenvalue weighted by molar-refractivity contribution is 6.01. The van der Waals surface area contributed by atoms with Crippen LogP contribution in [-0.4, -0.2) is 57.1 Å². The van der Waals surface area contributed by atoms with Gasteiger partial charge in [-0.15, -0.1) is 0 Å². The van der Waals surface area contributed by atoms with Gasteiger partial charge in [0.25, 0.3) is 5.91 Å². The number of nitrogens with zero attached hydrogens (tertiary/aromatic N) is 5. The van der Waals surface area contributed by atoms with Gasteiger partial charge in [-0.05, 0) is 60.0 Å². The number of ether oxygens (including phenoxy) is 1. The van der Waals surface area contributed by atoms with E-state index in [1.54, 1.807) is 19.4 Å². The van der Waals surface area contributed by atoms with E-state index in [-0.39, 0.29) is 23.6 Å². The zero-order chi connectivity index (χ0) is 30.8. The minimum absolute atomic E-state index is 0.0169. The number of carbonyl (C=O) groups excluding carboxylic acids is 1. The maximum Gasteiger partial charge on any atom is 0.254 e. The summed E-state index contributed by atoms with van der Waals surface area (Å²) in [4.78, 5) is 21.9. The summed E-state index contributed by atoms with van der Waals surface area (Å²) < 4.78 is 27.9. The lowest BCUT2D eigenvalue weighted by atomic mass is 9.97. The molecule has 3 aromatic heterocycles. The van der Waals surface area contributed by atoms with Crippen molar-refractivity contribution < 1.29 is 18.4 Å². The van der Waals surface area contributed by atoms with Gasteiger partial charge in [0.15, 0.2) is 17.3 Å². The summed E-state index contributed by atoms with van der Waals surface area (Å²) in [6, 6.07) is 14.5. The van der Waals surface area contributed by atoms with Crippen LogP contribution in [0.4, 0.5) is 10.2 Å². The van der Waals surface area contributed by atoms with Crippen LogP contribution in [0.2, 0.25) is 0 Å². The Morgan fingerprint density at radius 3 is 2.68 bits per heavy atom. The Morgan fingerprint density at radius 1 is 1.18 bits per heavy atom. The summed E-state index contributed by atoms with van der Waals surface area (Å²) in [5, 5.41) is 19.2. The fourth-order valence-electron chi connectivity index (χ4n) is 5.18. The van der Waals surface area contributed by atoms with E-state index >= 15 is 4.39 Å². The third-order valence-corrected chi connectivity index (χ3v) is 7.57. The molecule has 0 radical (unpaired) electrons. The molecule has 1 saturated heterocycles. The molecule has 6 rings (SSSR count). The highest BCUT2D eigenvalue weighted by Crippen LogP contribution is 2.34. The average Bonchev–Trinajstić information content (AvgIpc) is 3.78. The number of rotatable bonds is 9. The molecule has 1 aliphatic heterocycles. The first-order valence-corrected chi connectivity index (χ1v) is 14.6. The van der Waals surface area contributed by atoms with Crippen LogP contribution in [0.3, 0.4) is 0 Å². The molecule has 228 valence electrons. The van der Waals surface area contributed by atoms with Gasteiger partial charge in [0.1, 0.15) is 11.6 Å². The zero-order valence-corrected chi connectivity index (χ0v) is 25.1. The SMILES string of the molecule is COc1ccc(Cn2nc(N[C@@H]3CCNC3)c3c(-c4ccc(C(=O)NCc5noc(C(C)(C)C)n5)c(F)c4)ccnc32)cc1. The molecule has 11 nitrogen and oxygen atoms in total. The van der Waals surface area contributed by atoms with Crippen LogP contribution in [0.15, 0.2) is 59.3 Å². The average molecular weight is 599 g/mol. The van der Waals surface area contributed by atoms with Gasteiger partial charge < -0.3 is 25.2 Å². The second-order valence-corrected chi connectivity index (χ2v) is 11.9. The molecule has 12 heteroatoms. The molecule has 1 amide bonds. The molecule has 0 saturated carbocycles. The van der Waals surface area contributed by atoms with Crippen LogP contribution in [-0.2, 0) is 18.5 Å². The van der Waals surface area contributed by atoms with Crippen molar-refractivity contribution in [2.24, 2.45) is 0 Å². The molecular weight excluding hydrogens is 563 g/mol. The van der Waals surface area contributed by atoms with Crippen molar-refractivity contribution in [3.63, 3.8) is 0 Å². The van der Waals surface area contributed by atoms with Crippen LogP contribution in [0.25, 0.3) is 22.2 Å². The van der Waals surface area contributed by atoms with Crippen molar-refractivity contribution in [3.8, 4) is 16.9 Å². The fraction of sp³-hybridized carbons (Fsp3) is 0.344. The first-order valence-electron chi connectivity index (χ1n) is 14.6. The third-order valence-electron chi connectivity index (χ3n) is 7.57. The van der Waals surface area contributed by atoms with Gasteiger partial charge in [0, 0.05) is 24.2 Å². The first-order chi connectivity index (χ1) is 21.2. The highest BCUT2D eigenvalue weighted by atomic mass is 19.1. The van der Waals surface area contributed by atoms with Crippen molar-refractivity contribution in [1.29, 1.82) is 0 Å². The minimum Gasteiger partial charge on any atom is -0.497 e. The minimum atomic E-state index is -0.645. The van der Waals surface area contributed by atoms with Crippen molar-refractivity contribution in [2.45, 2.75) is 51.7 Å². The van der Waals surface area contributed by atoms with Gasteiger partial charge in [0.05, 0.1) is 31.1 Å². The van der Waals surface area contributed by atoms with Crippen molar-refractivity contribution in [2.75, 3.05) is 25.5 Å². The van der Waals surface area contributed by atoms with Gasteiger partial charge in [-0.2, -0.15) is 10.1 Å². The summed E-state index contributed by atoms with van der Waals surface area (Å²) in [6.45, 7) is 8.11. The predicted octanol–water partition coefficient (Wildman–Crippen LogP) is 4.68. The van der Waals surface area contributed by atoms with E-state index < -0.39 is 11.7 Å². The highest BCUT2D eigenvalue weighted by Gasteiger charge is 2.24. The molecule has 0 spiro atoms. The lowest BCUT2D eigenvalue weighted by Crippen LogP contribution is -2.24. The number of anilines is 1. The second kappa shape index (κ2) is 12.0. The summed E-state index contributed by atoms with van der Waals surface area (Å²) in [5.74, 6) is 1.03. The number of aromatic nitrogens is 5. The molecule has 4 heterocycles. The van der Waals surface area contributed by atoms with Crippen molar-refractivity contribution in [1.82, 2.24) is 35.5 Å². The Morgan fingerprint density at radius 2 is 2.00 bits per heavy atom. The summed E-state index contributed by atoms with van der Waals surface area (Å²) in [5.41, 5.74) is 2.68. The van der Waals surface area contributed by atoms with Gasteiger partial charge >= 0.3 is 0 Å². The standard InChI is InChI=1S/C32H35FN8O3/c1-32(2,3)31-38-26(40-44-31)17-36-30(42)24-10-7-20(15-25(24)33)23-12-14-35-29-27(23)28(37-21-11-13-34-16-21)39-41(29)18-19-5-8-22(43-4)9-6-19/h5-10,12,14-15,21,34H,11,13,16-18H2,1-4H3,(H,36,42)(H,37,39)/t21-/m1/s1. The maximum atomic E-state index is 15.5. The summed E-state index contributed by atoms with van der Waals surface area (Å²) >= 11 is 0. The van der Waals surface area contributed by atoms with Gasteiger partial charge in [0.2, 0.25) is 5.89 Å². The molecule has 0 aliphatic carbocycles. The smallest absolute Gasteiger partial charge is 0.254 e. The molecule has 1 atom stereocenters. The zero-order valence-electron chi connectivity index (χ0n) is 25.1. The van der Waals surface area contributed by atoms with E-state index in [9.17, 15) is 4.79 Å². The van der Waals surface area contributed by atoms with Crippen LogP contribution >= 0.6 is 0 Å². The van der Waals surface area contributed by atoms with Gasteiger partial charge in [-0.25, -0.2) is 14.1 Å². The van der Waals surface area contributed by atoms with Gasteiger partial charge in [-0.1, -0.05) is 44.1 Å². The Hall–Kier alpha value is -4.84. The molecule has 0 unspecified atom stereocenters. The van der Waals surface area contributed by atoms with Crippen LogP contribution < -0.4 is 20.7 Å². The number of halogens is 1. The number of amides is 1. The molecule has 0 bridgehead atoms. The molecule has 3 N–H and O–H groups in total. The Kier molecular flexibility index (Phi) is 8.00. The monoisotopic (exact) mass is 598 g/mol. The number of nitrogens with one attached hydrogen (secondary N) is 3. The molecule has 1 aliphatic rings. The molecule has 2 aromatic carbocycles. The predicted molar refractivity (Wildman–Crippen MR) is 164 cm³/mol. The van der Waals surface area contributed by atoms with Crippen molar-refractivity contribution in [3.05, 3.63) is 83.4 Å². The normalized spacial score (nSPS) is 15.1. The molecule has 1 fully saturated rings. The van der Waals surface area contributed by atoms with E-state index in [1.807, 2.05) is 55.8 Å². The lowest BCUT2D eigenvalue weighted by molar-refractivity contribution is 0.0945. The number of hydrogen-bond donors (Lipinski definition) is 3. The Balaban J connectivity index is 1.29. The molecule has 44 heavy (non-hydrogen) atoms. The molecular formula is C32H35FN8O3. The first kappa shape index (κ1) is 29.2. The molecule has 5 aromatic rings. The van der Waals surface area contributed by atoms with Gasteiger partial charge in [-0.3, -0.25) is 4.79 Å². The second-order valence-electron chi connectivity index (χ2n) is 11.9. The number of fused-ring (bicyclic) bond motifs is 1. The Bertz CT molecular complexity index is 1790. The van der Waals surface area contributed by atoms with E-state index in [4.69, 9.17) is 14.4 Å².